The van der Waals surface area contributed by atoms with Gasteiger partial charge in [-0.15, -0.1) is 22.6 Å². The standard InChI is InChI=1S/C14H18BrN3OS.ClH/c1-9(2)7-12(16)13-17-18-14(19-13)20-8-10-3-5-11(15)6-4-10;/h3-6,9,12H,7-8,16H2,1-2H3;1H/t12-;/m0./s1. The van der Waals surface area contributed by atoms with Crippen LogP contribution in [0.5, 0.6) is 0 Å². The Hall–Kier alpha value is -0.560. The van der Waals surface area contributed by atoms with E-state index in [4.69, 9.17) is 10.2 Å². The zero-order valence-corrected chi connectivity index (χ0v) is 15.2. The van der Waals surface area contributed by atoms with E-state index in [2.05, 4.69) is 52.1 Å². The van der Waals surface area contributed by atoms with Crippen molar-refractivity contribution in [2.45, 2.75) is 37.3 Å². The normalized spacial score (nSPS) is 12.2. The van der Waals surface area contributed by atoms with Gasteiger partial charge in [-0.05, 0) is 30.0 Å². The van der Waals surface area contributed by atoms with Crippen molar-refractivity contribution in [3.63, 3.8) is 0 Å². The smallest absolute Gasteiger partial charge is 0.276 e. The van der Waals surface area contributed by atoms with Gasteiger partial charge in [0.15, 0.2) is 0 Å². The maximum Gasteiger partial charge on any atom is 0.276 e. The third-order valence-corrected chi connectivity index (χ3v) is 4.16. The number of halogens is 2. The summed E-state index contributed by atoms with van der Waals surface area (Å²) in [5, 5.41) is 8.63. The summed E-state index contributed by atoms with van der Waals surface area (Å²) in [5.41, 5.74) is 7.23. The number of hydrogen-bond donors (Lipinski definition) is 1. The van der Waals surface area contributed by atoms with Crippen LogP contribution in [0.15, 0.2) is 38.4 Å². The minimum Gasteiger partial charge on any atom is -0.414 e. The molecule has 4 nitrogen and oxygen atoms in total. The number of hydrogen-bond acceptors (Lipinski definition) is 5. The maximum atomic E-state index is 6.02. The number of benzene rings is 1. The summed E-state index contributed by atoms with van der Waals surface area (Å²) in [4.78, 5) is 0. The summed E-state index contributed by atoms with van der Waals surface area (Å²) in [6, 6.07) is 8.00. The molecule has 2 N–H and O–H groups in total. The molecule has 0 aliphatic rings. The van der Waals surface area contributed by atoms with Crippen LogP contribution in [0.2, 0.25) is 0 Å². The highest BCUT2D eigenvalue weighted by Crippen LogP contribution is 2.25. The minimum absolute atomic E-state index is 0. The summed E-state index contributed by atoms with van der Waals surface area (Å²) in [6.07, 6.45) is 0.846. The summed E-state index contributed by atoms with van der Waals surface area (Å²) in [5.74, 6) is 1.83. The van der Waals surface area contributed by atoms with Crippen molar-refractivity contribution in [2.24, 2.45) is 11.7 Å². The van der Waals surface area contributed by atoms with E-state index in [0.29, 0.717) is 17.0 Å². The van der Waals surface area contributed by atoms with Crippen molar-refractivity contribution in [3.05, 3.63) is 40.2 Å². The van der Waals surface area contributed by atoms with E-state index < -0.39 is 0 Å². The van der Waals surface area contributed by atoms with Crippen LogP contribution >= 0.6 is 40.1 Å². The molecule has 116 valence electrons. The van der Waals surface area contributed by atoms with Crippen molar-refractivity contribution in [3.8, 4) is 0 Å². The van der Waals surface area contributed by atoms with Gasteiger partial charge in [0.2, 0.25) is 5.89 Å². The van der Waals surface area contributed by atoms with E-state index in [-0.39, 0.29) is 18.4 Å². The fourth-order valence-corrected chi connectivity index (χ4v) is 2.75. The van der Waals surface area contributed by atoms with E-state index in [9.17, 15) is 0 Å². The highest BCUT2D eigenvalue weighted by Gasteiger charge is 2.16. The molecular weight excluding hydrogens is 374 g/mol. The number of nitrogens with two attached hydrogens (primary N) is 1. The zero-order chi connectivity index (χ0) is 14.5. The highest BCUT2D eigenvalue weighted by atomic mass is 79.9. The molecule has 1 aromatic heterocycles. The lowest BCUT2D eigenvalue weighted by atomic mass is 10.1. The lowest BCUT2D eigenvalue weighted by Gasteiger charge is -2.08. The molecule has 21 heavy (non-hydrogen) atoms. The first-order valence-electron chi connectivity index (χ1n) is 6.51. The molecule has 1 aromatic carbocycles. The van der Waals surface area contributed by atoms with Crippen LogP contribution in [-0.4, -0.2) is 10.2 Å². The monoisotopic (exact) mass is 391 g/mol. The molecule has 0 spiro atoms. The van der Waals surface area contributed by atoms with Crippen LogP contribution in [-0.2, 0) is 5.75 Å². The quantitative estimate of drug-likeness (QED) is 0.728. The molecule has 0 unspecified atom stereocenters. The van der Waals surface area contributed by atoms with E-state index in [1.807, 2.05) is 12.1 Å². The maximum absolute atomic E-state index is 6.02. The fraction of sp³-hybridized carbons (Fsp3) is 0.429. The topological polar surface area (TPSA) is 64.9 Å². The van der Waals surface area contributed by atoms with Crippen LogP contribution in [0.25, 0.3) is 0 Å². The summed E-state index contributed by atoms with van der Waals surface area (Å²) in [7, 11) is 0. The zero-order valence-electron chi connectivity index (χ0n) is 12.0. The lowest BCUT2D eigenvalue weighted by molar-refractivity contribution is 0.361. The van der Waals surface area contributed by atoms with Crippen LogP contribution in [0.3, 0.4) is 0 Å². The average molecular weight is 393 g/mol. The van der Waals surface area contributed by atoms with Gasteiger partial charge in [0.1, 0.15) is 0 Å². The van der Waals surface area contributed by atoms with E-state index in [1.54, 1.807) is 0 Å². The van der Waals surface area contributed by atoms with Gasteiger partial charge < -0.3 is 10.2 Å². The molecular formula is C14H19BrClN3OS. The van der Waals surface area contributed by atoms with Gasteiger partial charge in [0.05, 0.1) is 6.04 Å². The van der Waals surface area contributed by atoms with Crippen molar-refractivity contribution in [2.75, 3.05) is 0 Å². The Bertz CT molecular complexity index is 547. The third-order valence-electron chi connectivity index (χ3n) is 2.74. The van der Waals surface area contributed by atoms with Gasteiger partial charge in [-0.1, -0.05) is 53.7 Å². The van der Waals surface area contributed by atoms with Gasteiger partial charge in [0, 0.05) is 10.2 Å². The van der Waals surface area contributed by atoms with Crippen LogP contribution in [0.4, 0.5) is 0 Å². The van der Waals surface area contributed by atoms with Crippen LogP contribution < -0.4 is 5.73 Å². The first-order valence-corrected chi connectivity index (χ1v) is 8.28. The third kappa shape index (κ3) is 5.98. The average Bonchev–Trinajstić information content (AvgIpc) is 2.86. The molecule has 0 aliphatic carbocycles. The molecule has 2 rings (SSSR count). The molecule has 0 bridgehead atoms. The molecule has 2 aromatic rings. The first kappa shape index (κ1) is 18.5. The molecule has 0 amide bonds. The van der Waals surface area contributed by atoms with Gasteiger partial charge in [-0.3, -0.25) is 0 Å². The Kier molecular flexibility index (Phi) is 7.73. The molecule has 0 radical (unpaired) electrons. The van der Waals surface area contributed by atoms with E-state index >= 15 is 0 Å². The van der Waals surface area contributed by atoms with E-state index in [0.717, 1.165) is 16.6 Å². The first-order chi connectivity index (χ1) is 9.54. The highest BCUT2D eigenvalue weighted by molar-refractivity contribution is 9.10. The predicted octanol–water partition coefficient (Wildman–Crippen LogP) is 4.59. The van der Waals surface area contributed by atoms with Crippen molar-refractivity contribution < 1.29 is 4.42 Å². The molecule has 0 fully saturated rings. The molecule has 1 atom stereocenters. The number of thioether (sulfide) groups is 1. The van der Waals surface area contributed by atoms with Crippen molar-refractivity contribution in [1.29, 1.82) is 0 Å². The van der Waals surface area contributed by atoms with Gasteiger partial charge in [0.25, 0.3) is 5.22 Å². The number of rotatable bonds is 6. The Morgan fingerprint density at radius 1 is 1.24 bits per heavy atom. The minimum atomic E-state index is -0.176. The van der Waals surface area contributed by atoms with Gasteiger partial charge in [-0.25, -0.2) is 0 Å². The second kappa shape index (κ2) is 8.78. The second-order valence-corrected chi connectivity index (χ2v) is 6.90. The summed E-state index contributed by atoms with van der Waals surface area (Å²) >= 11 is 4.94. The largest absolute Gasteiger partial charge is 0.414 e. The molecule has 0 aliphatic heterocycles. The van der Waals surface area contributed by atoms with E-state index in [1.165, 1.54) is 17.3 Å². The second-order valence-electron chi connectivity index (χ2n) is 5.06. The molecule has 1 heterocycles. The lowest BCUT2D eigenvalue weighted by Crippen LogP contribution is -2.13. The Balaban J connectivity index is 0.00000220. The van der Waals surface area contributed by atoms with Crippen molar-refractivity contribution >= 4 is 40.1 Å². The van der Waals surface area contributed by atoms with Gasteiger partial charge >= 0.3 is 0 Å². The fourth-order valence-electron chi connectivity index (χ4n) is 1.76. The number of aromatic nitrogens is 2. The Morgan fingerprint density at radius 3 is 2.52 bits per heavy atom. The SMILES string of the molecule is CC(C)C[C@H](N)c1nnc(SCc2ccc(Br)cc2)o1.Cl. The summed E-state index contributed by atoms with van der Waals surface area (Å²) < 4.78 is 6.67. The van der Waals surface area contributed by atoms with Crippen LogP contribution in [0.1, 0.15) is 37.8 Å². The molecule has 0 saturated carbocycles. The van der Waals surface area contributed by atoms with Gasteiger partial charge in [-0.2, -0.15) is 0 Å². The van der Waals surface area contributed by atoms with Crippen LogP contribution in [0, 0.1) is 5.92 Å². The predicted molar refractivity (Wildman–Crippen MR) is 91.6 cm³/mol. The molecule has 0 saturated heterocycles. The Morgan fingerprint density at radius 2 is 1.90 bits per heavy atom. The Labute approximate surface area is 143 Å². The number of nitrogens with zero attached hydrogens (tertiary/aromatic N) is 2. The van der Waals surface area contributed by atoms with Crippen molar-refractivity contribution in [1.82, 2.24) is 10.2 Å². The summed E-state index contributed by atoms with van der Waals surface area (Å²) in [6.45, 7) is 4.25. The molecule has 7 heteroatoms.